The lowest BCUT2D eigenvalue weighted by Gasteiger charge is -2.41. The number of epoxide rings is 1. The summed E-state index contributed by atoms with van der Waals surface area (Å²) in [5, 5.41) is 50.1. The summed E-state index contributed by atoms with van der Waals surface area (Å²) in [7, 11) is -5.14. The van der Waals surface area contributed by atoms with Gasteiger partial charge in [-0.25, -0.2) is 4.57 Å². The minimum atomic E-state index is -5.14. The maximum atomic E-state index is 12.8. The van der Waals surface area contributed by atoms with E-state index in [-0.39, 0.29) is 12.8 Å². The Balaban J connectivity index is 1.75. The van der Waals surface area contributed by atoms with E-state index in [2.05, 4.69) is 62.5 Å². The van der Waals surface area contributed by atoms with Gasteiger partial charge < -0.3 is 44.6 Å². The second-order valence-corrected chi connectivity index (χ2v) is 17.3. The molecule has 5 unspecified atom stereocenters. The van der Waals surface area contributed by atoms with Gasteiger partial charge in [-0.15, -0.1) is 0 Å². The highest BCUT2D eigenvalue weighted by molar-refractivity contribution is 7.47. The Hall–Kier alpha value is -2.23. The fraction of sp³-hybridized carbons (Fsp3) is 0.778. The van der Waals surface area contributed by atoms with E-state index < -0.39 is 75.7 Å². The van der Waals surface area contributed by atoms with Gasteiger partial charge in [0, 0.05) is 12.8 Å². The van der Waals surface area contributed by atoms with E-state index in [9.17, 15) is 44.6 Å². The second kappa shape index (κ2) is 32.4. The van der Waals surface area contributed by atoms with Crippen LogP contribution < -0.4 is 0 Å². The number of carbonyl (C=O) groups is 2. The highest BCUT2D eigenvalue weighted by Crippen LogP contribution is 2.47. The number of carbonyl (C=O) groups excluding carboxylic acids is 2. The third-order valence-corrected chi connectivity index (χ3v) is 11.6. The molecule has 6 N–H and O–H groups in total. The van der Waals surface area contributed by atoms with Crippen molar-refractivity contribution >= 4 is 19.8 Å². The first-order valence-electron chi connectivity index (χ1n) is 22.6. The highest BCUT2D eigenvalue weighted by atomic mass is 31.2. The number of unbranched alkanes of at least 4 members (excludes halogenated alkanes) is 12. The number of esters is 2. The van der Waals surface area contributed by atoms with E-state index >= 15 is 0 Å². The quantitative estimate of drug-likeness (QED) is 0.0120. The van der Waals surface area contributed by atoms with Gasteiger partial charge in [-0.2, -0.15) is 0 Å². The lowest BCUT2D eigenvalue weighted by molar-refractivity contribution is -0.220. The molecule has 1 aliphatic carbocycles. The molecular weight excluding hydrogens is 795 g/mol. The summed E-state index contributed by atoms with van der Waals surface area (Å²) in [5.41, 5.74) is 0. The van der Waals surface area contributed by atoms with Gasteiger partial charge in [0.15, 0.2) is 6.10 Å². The summed E-state index contributed by atoms with van der Waals surface area (Å²) < 4.78 is 39.3. The summed E-state index contributed by atoms with van der Waals surface area (Å²) in [6.45, 7) is 3.17. The molecule has 0 spiro atoms. The number of allylic oxidation sites excluding steroid dienone is 7. The van der Waals surface area contributed by atoms with Crippen molar-refractivity contribution < 1.29 is 67.8 Å². The first kappa shape index (κ1) is 53.9. The topological polar surface area (TPSA) is 222 Å². The molecule has 1 saturated heterocycles. The molecule has 15 heteroatoms. The van der Waals surface area contributed by atoms with Gasteiger partial charge in [0.05, 0.1) is 18.8 Å². The summed E-state index contributed by atoms with van der Waals surface area (Å²) in [5.74, 6) is -1.17. The van der Waals surface area contributed by atoms with Crippen LogP contribution in [0.4, 0.5) is 0 Å². The minimum absolute atomic E-state index is 0.0637. The molecule has 0 radical (unpaired) electrons. The van der Waals surface area contributed by atoms with E-state index in [0.29, 0.717) is 25.0 Å². The molecular formula is C45H77O14P. The van der Waals surface area contributed by atoms with Crippen LogP contribution in [-0.2, 0) is 37.4 Å². The number of hydrogen-bond donors (Lipinski definition) is 6. The van der Waals surface area contributed by atoms with Crippen molar-refractivity contribution in [2.75, 3.05) is 13.2 Å². The standard InChI is InChI=1S/C45H77O14P/c1-3-5-7-9-11-12-13-14-15-16-17-18-19-23-27-31-38(46)55-33-35(34-56-60(53,54)59-45-43(51)41(49)40(48)42(50)44(45)52)57-39(47)32-28-24-20-22-26-30-37-36(58-37)29-25-21-10-8-6-4-2/h11-12,14-15,17-18,21,25,35-37,40-45,48-52H,3-10,13,16,19-20,22-24,26-34H2,1-2H3,(H,53,54)/b12-11-,15-14-,18-17-,25-21-/t35-,36?,37?,40?,41-,42+,43-,44-,45?/m1/s1. The van der Waals surface area contributed by atoms with Crippen LogP contribution in [0.5, 0.6) is 0 Å². The maximum Gasteiger partial charge on any atom is 0.472 e. The van der Waals surface area contributed by atoms with Gasteiger partial charge in [-0.05, 0) is 77.0 Å². The zero-order chi connectivity index (χ0) is 44.0. The van der Waals surface area contributed by atoms with Gasteiger partial charge in [0.25, 0.3) is 0 Å². The molecule has 0 aromatic rings. The fourth-order valence-corrected chi connectivity index (χ4v) is 7.74. The van der Waals surface area contributed by atoms with Crippen molar-refractivity contribution in [3.63, 3.8) is 0 Å². The number of hydrogen-bond acceptors (Lipinski definition) is 13. The Kier molecular flexibility index (Phi) is 29.1. The molecule has 1 heterocycles. The molecule has 2 aliphatic rings. The van der Waals surface area contributed by atoms with Crippen LogP contribution in [0.1, 0.15) is 155 Å². The molecule has 10 atom stereocenters. The molecule has 0 aromatic heterocycles. The van der Waals surface area contributed by atoms with Crippen molar-refractivity contribution in [2.45, 2.75) is 210 Å². The lowest BCUT2D eigenvalue weighted by Crippen LogP contribution is -2.64. The Labute approximate surface area is 358 Å². The molecule has 346 valence electrons. The number of rotatable bonds is 35. The van der Waals surface area contributed by atoms with E-state index in [1.165, 1.54) is 38.5 Å². The number of aliphatic hydroxyl groups excluding tert-OH is 5. The molecule has 1 aliphatic heterocycles. The van der Waals surface area contributed by atoms with Gasteiger partial charge >= 0.3 is 19.8 Å². The van der Waals surface area contributed by atoms with Crippen LogP contribution in [0, 0.1) is 0 Å². The zero-order valence-electron chi connectivity index (χ0n) is 36.2. The molecule has 60 heavy (non-hydrogen) atoms. The van der Waals surface area contributed by atoms with E-state index in [0.717, 1.165) is 77.0 Å². The van der Waals surface area contributed by atoms with Crippen molar-refractivity contribution in [3.8, 4) is 0 Å². The van der Waals surface area contributed by atoms with Crippen molar-refractivity contribution in [1.29, 1.82) is 0 Å². The molecule has 1 saturated carbocycles. The van der Waals surface area contributed by atoms with E-state index in [1.807, 2.05) is 0 Å². The number of phosphoric acid groups is 1. The van der Waals surface area contributed by atoms with Crippen LogP contribution in [0.3, 0.4) is 0 Å². The average Bonchev–Trinajstić information content (AvgIpc) is 3.99. The average molecular weight is 873 g/mol. The molecule has 0 aromatic carbocycles. The normalized spacial score (nSPS) is 26.0. The van der Waals surface area contributed by atoms with E-state index in [4.69, 9.17) is 23.3 Å². The molecule has 14 nitrogen and oxygen atoms in total. The zero-order valence-corrected chi connectivity index (χ0v) is 37.1. The predicted octanol–water partition coefficient (Wildman–Crippen LogP) is 7.38. The van der Waals surface area contributed by atoms with Gasteiger partial charge in [-0.1, -0.05) is 114 Å². The van der Waals surface area contributed by atoms with Crippen molar-refractivity contribution in [2.24, 2.45) is 0 Å². The third-order valence-electron chi connectivity index (χ3n) is 10.6. The fourth-order valence-electron chi connectivity index (χ4n) is 6.77. The largest absolute Gasteiger partial charge is 0.472 e. The maximum absolute atomic E-state index is 12.8. The lowest BCUT2D eigenvalue weighted by atomic mass is 9.85. The first-order chi connectivity index (χ1) is 28.9. The van der Waals surface area contributed by atoms with E-state index in [1.54, 1.807) is 0 Å². The molecule has 0 amide bonds. The Morgan fingerprint density at radius 3 is 1.72 bits per heavy atom. The predicted molar refractivity (Wildman–Crippen MR) is 230 cm³/mol. The summed E-state index contributed by atoms with van der Waals surface area (Å²) in [6, 6.07) is 0. The number of phosphoric ester groups is 1. The van der Waals surface area contributed by atoms with Crippen LogP contribution in [0.2, 0.25) is 0 Å². The van der Waals surface area contributed by atoms with Crippen molar-refractivity contribution in [3.05, 3.63) is 48.6 Å². The Bertz CT molecular complexity index is 1300. The smallest absolute Gasteiger partial charge is 0.462 e. The SMILES string of the molecule is CCCCC/C=C\C/C=C\C/C=C\CCCCC(=O)OC[C@H](COP(=O)(O)OC1[C@H](O)[C@H](O)C(O)[C@H](O)[C@H]1O)OC(=O)CCCCCCCC1OC1C/C=C\CCCCC. The van der Waals surface area contributed by atoms with Gasteiger partial charge in [0.2, 0.25) is 0 Å². The highest BCUT2D eigenvalue weighted by Gasteiger charge is 2.51. The van der Waals surface area contributed by atoms with Crippen LogP contribution in [0.15, 0.2) is 48.6 Å². The summed E-state index contributed by atoms with van der Waals surface area (Å²) in [4.78, 5) is 35.7. The van der Waals surface area contributed by atoms with Crippen LogP contribution >= 0.6 is 7.82 Å². The third kappa shape index (κ3) is 24.4. The summed E-state index contributed by atoms with van der Waals surface area (Å²) in [6.07, 6.45) is 24.7. The van der Waals surface area contributed by atoms with Crippen LogP contribution in [0.25, 0.3) is 0 Å². The van der Waals surface area contributed by atoms with Gasteiger partial charge in [0.1, 0.15) is 43.2 Å². The second-order valence-electron chi connectivity index (χ2n) is 15.9. The van der Waals surface area contributed by atoms with Crippen molar-refractivity contribution in [1.82, 2.24) is 0 Å². The first-order valence-corrected chi connectivity index (χ1v) is 24.1. The van der Waals surface area contributed by atoms with Crippen LogP contribution in [-0.4, -0.2) is 111 Å². The van der Waals surface area contributed by atoms with Gasteiger partial charge in [-0.3, -0.25) is 18.6 Å². The monoisotopic (exact) mass is 873 g/mol. The minimum Gasteiger partial charge on any atom is -0.462 e. The molecule has 0 bridgehead atoms. The molecule has 2 rings (SSSR count). The number of ether oxygens (including phenoxy) is 3. The molecule has 2 fully saturated rings. The Morgan fingerprint density at radius 1 is 0.600 bits per heavy atom. The number of aliphatic hydroxyl groups is 5. The Morgan fingerprint density at radius 2 is 1.10 bits per heavy atom. The summed E-state index contributed by atoms with van der Waals surface area (Å²) >= 11 is 0.